The molecule has 0 aromatic heterocycles. The van der Waals surface area contributed by atoms with E-state index in [9.17, 15) is 0 Å². The molecule has 3 rings (SSSR count). The van der Waals surface area contributed by atoms with E-state index in [0.29, 0.717) is 0 Å². The van der Waals surface area contributed by atoms with Crippen molar-refractivity contribution in [3.63, 3.8) is 0 Å². The molecular formula is C15H22N2S. The molecular weight excluding hydrogens is 240 g/mol. The van der Waals surface area contributed by atoms with Crippen LogP contribution in [0.4, 0.5) is 5.69 Å². The fourth-order valence-electron chi connectivity index (χ4n) is 2.79. The molecule has 0 amide bonds. The number of nitrogens with zero attached hydrogens (tertiary/aromatic N) is 2. The first kappa shape index (κ1) is 12.4. The minimum absolute atomic E-state index is 0.935. The molecule has 0 radical (unpaired) electrons. The minimum Gasteiger partial charge on any atom is -0.360 e. The van der Waals surface area contributed by atoms with E-state index >= 15 is 0 Å². The number of fused-ring (bicyclic) bond motifs is 1. The molecule has 2 nitrogen and oxygen atoms in total. The van der Waals surface area contributed by atoms with Crippen LogP contribution in [-0.2, 0) is 0 Å². The molecule has 0 saturated carbocycles. The molecule has 18 heavy (non-hydrogen) atoms. The second kappa shape index (κ2) is 5.54. The molecule has 0 unspecified atom stereocenters. The Hall–Kier alpha value is -0.670. The lowest BCUT2D eigenvalue weighted by atomic mass is 9.99. The van der Waals surface area contributed by atoms with Gasteiger partial charge in [0.05, 0.1) is 11.6 Å². The number of para-hydroxylation sites is 1. The van der Waals surface area contributed by atoms with Gasteiger partial charge in [0.1, 0.15) is 0 Å². The Kier molecular flexibility index (Phi) is 3.80. The van der Waals surface area contributed by atoms with Crippen molar-refractivity contribution in [3.05, 3.63) is 24.3 Å². The van der Waals surface area contributed by atoms with Crippen LogP contribution in [0.3, 0.4) is 0 Å². The highest BCUT2D eigenvalue weighted by atomic mass is 32.2. The quantitative estimate of drug-likeness (QED) is 0.825. The molecule has 1 aromatic carbocycles. The van der Waals surface area contributed by atoms with E-state index in [2.05, 4.69) is 41.0 Å². The Morgan fingerprint density at radius 3 is 2.78 bits per heavy atom. The van der Waals surface area contributed by atoms with E-state index in [4.69, 9.17) is 0 Å². The third-order valence-electron chi connectivity index (χ3n) is 4.14. The van der Waals surface area contributed by atoms with E-state index in [0.717, 1.165) is 11.8 Å². The molecule has 2 heterocycles. The molecule has 1 aromatic rings. The highest BCUT2D eigenvalue weighted by molar-refractivity contribution is 7.99. The molecule has 1 saturated heterocycles. The second-order valence-electron chi connectivity index (χ2n) is 5.53. The van der Waals surface area contributed by atoms with Crippen molar-refractivity contribution in [3.8, 4) is 0 Å². The summed E-state index contributed by atoms with van der Waals surface area (Å²) >= 11 is 1.97. The van der Waals surface area contributed by atoms with Gasteiger partial charge in [-0.05, 0) is 44.0 Å². The van der Waals surface area contributed by atoms with Crippen LogP contribution in [-0.4, -0.2) is 37.0 Å². The maximum absolute atomic E-state index is 2.63. The van der Waals surface area contributed by atoms with E-state index in [1.54, 1.807) is 0 Å². The number of rotatable bonds is 3. The van der Waals surface area contributed by atoms with Gasteiger partial charge in [0.15, 0.2) is 0 Å². The van der Waals surface area contributed by atoms with Crippen molar-refractivity contribution in [1.82, 2.24) is 4.90 Å². The number of hydrogen-bond acceptors (Lipinski definition) is 3. The second-order valence-corrected chi connectivity index (χ2v) is 6.52. The molecule has 0 N–H and O–H groups in total. The summed E-state index contributed by atoms with van der Waals surface area (Å²) in [5, 5.41) is 0. The van der Waals surface area contributed by atoms with Crippen LogP contribution in [0.25, 0.3) is 0 Å². The Morgan fingerprint density at radius 1 is 1.17 bits per heavy atom. The van der Waals surface area contributed by atoms with Gasteiger partial charge in [0.2, 0.25) is 0 Å². The van der Waals surface area contributed by atoms with Gasteiger partial charge in [-0.15, -0.1) is 11.8 Å². The Morgan fingerprint density at radius 2 is 1.94 bits per heavy atom. The largest absolute Gasteiger partial charge is 0.360 e. The number of hydrogen-bond donors (Lipinski definition) is 0. The van der Waals surface area contributed by atoms with Crippen molar-refractivity contribution in [2.75, 3.05) is 37.0 Å². The van der Waals surface area contributed by atoms with Crippen LogP contribution in [0.5, 0.6) is 0 Å². The third kappa shape index (κ3) is 2.67. The number of benzene rings is 1. The molecule has 2 aliphatic rings. The normalized spacial score (nSPS) is 21.3. The van der Waals surface area contributed by atoms with Gasteiger partial charge in [-0.3, -0.25) is 0 Å². The smallest absolute Gasteiger partial charge is 0.0687 e. The number of anilines is 1. The van der Waals surface area contributed by atoms with E-state index in [1.807, 2.05) is 11.8 Å². The summed E-state index contributed by atoms with van der Waals surface area (Å²) in [5.41, 5.74) is 1.44. The Labute approximate surface area is 114 Å². The van der Waals surface area contributed by atoms with Gasteiger partial charge in [-0.1, -0.05) is 19.1 Å². The molecule has 3 heteroatoms. The zero-order chi connectivity index (χ0) is 12.4. The first-order valence-corrected chi connectivity index (χ1v) is 8.00. The number of piperidine rings is 1. The maximum atomic E-state index is 2.63. The summed E-state index contributed by atoms with van der Waals surface area (Å²) in [7, 11) is 0. The highest BCUT2D eigenvalue weighted by Crippen LogP contribution is 2.37. The van der Waals surface area contributed by atoms with Crippen LogP contribution < -0.4 is 4.90 Å². The first-order chi connectivity index (χ1) is 8.83. The van der Waals surface area contributed by atoms with Gasteiger partial charge >= 0.3 is 0 Å². The summed E-state index contributed by atoms with van der Waals surface area (Å²) in [6, 6.07) is 8.79. The van der Waals surface area contributed by atoms with Gasteiger partial charge in [0, 0.05) is 18.0 Å². The van der Waals surface area contributed by atoms with E-state index < -0.39 is 0 Å². The number of likely N-dealkylation sites (tertiary alicyclic amines) is 1. The van der Waals surface area contributed by atoms with Crippen LogP contribution in [0.1, 0.15) is 19.8 Å². The highest BCUT2D eigenvalue weighted by Gasteiger charge is 2.20. The average molecular weight is 262 g/mol. The van der Waals surface area contributed by atoms with Crippen molar-refractivity contribution >= 4 is 17.4 Å². The third-order valence-corrected chi connectivity index (χ3v) is 5.24. The molecule has 0 bridgehead atoms. The zero-order valence-corrected chi connectivity index (χ0v) is 12.0. The number of thioether (sulfide) groups is 1. The lowest BCUT2D eigenvalue weighted by molar-refractivity contribution is 0.196. The van der Waals surface area contributed by atoms with Crippen molar-refractivity contribution in [1.29, 1.82) is 0 Å². The van der Waals surface area contributed by atoms with Gasteiger partial charge < -0.3 is 9.80 Å². The molecule has 2 aliphatic heterocycles. The SMILES string of the molecule is CC1CCN(CCN2CSc3ccccc32)CC1. The Balaban J connectivity index is 1.53. The molecule has 98 valence electrons. The van der Waals surface area contributed by atoms with Gasteiger partial charge in [0.25, 0.3) is 0 Å². The first-order valence-electron chi connectivity index (χ1n) is 7.02. The van der Waals surface area contributed by atoms with Crippen molar-refractivity contribution < 1.29 is 0 Å². The average Bonchev–Trinajstić information content (AvgIpc) is 2.82. The van der Waals surface area contributed by atoms with Crippen LogP contribution in [0.15, 0.2) is 29.2 Å². The van der Waals surface area contributed by atoms with Crippen LogP contribution >= 0.6 is 11.8 Å². The van der Waals surface area contributed by atoms with Crippen molar-refractivity contribution in [2.45, 2.75) is 24.7 Å². The lowest BCUT2D eigenvalue weighted by Gasteiger charge is -2.31. The van der Waals surface area contributed by atoms with Gasteiger partial charge in [-0.2, -0.15) is 0 Å². The summed E-state index contributed by atoms with van der Waals surface area (Å²) in [6.07, 6.45) is 2.76. The fraction of sp³-hybridized carbons (Fsp3) is 0.600. The monoisotopic (exact) mass is 262 g/mol. The van der Waals surface area contributed by atoms with Crippen LogP contribution in [0, 0.1) is 5.92 Å². The predicted molar refractivity (Wildman–Crippen MR) is 79.4 cm³/mol. The minimum atomic E-state index is 0.935. The Bertz CT molecular complexity index is 399. The fourth-order valence-corrected chi connectivity index (χ4v) is 3.87. The molecule has 0 spiro atoms. The van der Waals surface area contributed by atoms with E-state index in [-0.39, 0.29) is 0 Å². The summed E-state index contributed by atoms with van der Waals surface area (Å²) in [6.45, 7) is 7.37. The van der Waals surface area contributed by atoms with Crippen LogP contribution in [0.2, 0.25) is 0 Å². The topological polar surface area (TPSA) is 6.48 Å². The summed E-state index contributed by atoms with van der Waals surface area (Å²) < 4.78 is 0. The van der Waals surface area contributed by atoms with Crippen molar-refractivity contribution in [2.24, 2.45) is 5.92 Å². The summed E-state index contributed by atoms with van der Waals surface area (Å²) in [5.74, 6) is 2.06. The predicted octanol–water partition coefficient (Wildman–Crippen LogP) is 3.29. The molecule has 0 atom stereocenters. The summed E-state index contributed by atoms with van der Waals surface area (Å²) in [4.78, 5) is 6.61. The van der Waals surface area contributed by atoms with E-state index in [1.165, 1.54) is 49.6 Å². The molecule has 0 aliphatic carbocycles. The lowest BCUT2D eigenvalue weighted by Crippen LogP contribution is -2.38. The maximum Gasteiger partial charge on any atom is 0.0687 e. The van der Waals surface area contributed by atoms with Gasteiger partial charge in [-0.25, -0.2) is 0 Å². The standard InChI is InChI=1S/C15H22N2S/c1-13-6-8-16(9-7-13)10-11-17-12-18-15-5-3-2-4-14(15)17/h2-5,13H,6-12H2,1H3. The zero-order valence-electron chi connectivity index (χ0n) is 11.1. The molecule has 1 fully saturated rings.